The smallest absolute Gasteiger partial charge is 0.338 e. The van der Waals surface area contributed by atoms with E-state index >= 15 is 0 Å². The number of benzene rings is 2. The fourth-order valence-electron chi connectivity index (χ4n) is 1.98. The summed E-state index contributed by atoms with van der Waals surface area (Å²) in [5, 5.41) is 22.0. The van der Waals surface area contributed by atoms with Crippen LogP contribution in [0.4, 0.5) is 0 Å². The molecule has 0 saturated carbocycles. The van der Waals surface area contributed by atoms with Gasteiger partial charge in [-0.2, -0.15) is 0 Å². The van der Waals surface area contributed by atoms with Crippen LogP contribution >= 0.6 is 0 Å². The molecule has 2 aromatic rings. The maximum absolute atomic E-state index is 11.8. The van der Waals surface area contributed by atoms with E-state index in [1.165, 1.54) is 0 Å². The standard InChI is InChI=1S/C18H19NO5/c20-15(17(22)19-11-13-7-3-1-4-8-13)16(21)18(23)24-12-14-9-5-2-6-10-14/h1-10,15-16,20-21H,11-12H2,(H,19,22). The van der Waals surface area contributed by atoms with E-state index in [4.69, 9.17) is 4.74 Å². The number of nitrogens with one attached hydrogen (secondary N) is 1. The number of aliphatic hydroxyl groups excluding tert-OH is 2. The summed E-state index contributed by atoms with van der Waals surface area (Å²) in [4.78, 5) is 23.5. The number of amides is 1. The predicted molar refractivity (Wildman–Crippen MR) is 86.5 cm³/mol. The van der Waals surface area contributed by atoms with Gasteiger partial charge >= 0.3 is 5.97 Å². The molecule has 126 valence electrons. The summed E-state index contributed by atoms with van der Waals surface area (Å²) in [6.07, 6.45) is -3.83. The second-order valence-electron chi connectivity index (χ2n) is 5.19. The molecule has 2 atom stereocenters. The molecular formula is C18H19NO5. The highest BCUT2D eigenvalue weighted by molar-refractivity contribution is 5.88. The van der Waals surface area contributed by atoms with Gasteiger partial charge in [0.2, 0.25) is 0 Å². The maximum Gasteiger partial charge on any atom is 0.338 e. The van der Waals surface area contributed by atoms with Crippen molar-refractivity contribution >= 4 is 11.9 Å². The molecule has 0 heterocycles. The molecule has 2 aromatic carbocycles. The van der Waals surface area contributed by atoms with Gasteiger partial charge in [-0.1, -0.05) is 60.7 Å². The Bertz CT molecular complexity index is 600. The third kappa shape index (κ3) is 5.19. The summed E-state index contributed by atoms with van der Waals surface area (Å²) in [6, 6.07) is 18.0. The van der Waals surface area contributed by atoms with Crippen molar-refractivity contribution < 1.29 is 24.5 Å². The van der Waals surface area contributed by atoms with Gasteiger partial charge in [0.25, 0.3) is 5.91 Å². The van der Waals surface area contributed by atoms with Crippen molar-refractivity contribution in [1.82, 2.24) is 5.32 Å². The zero-order valence-electron chi connectivity index (χ0n) is 13.0. The van der Waals surface area contributed by atoms with Gasteiger partial charge < -0.3 is 20.3 Å². The third-order valence-electron chi connectivity index (χ3n) is 3.34. The molecule has 6 heteroatoms. The van der Waals surface area contributed by atoms with Gasteiger partial charge in [0.15, 0.2) is 12.2 Å². The molecular weight excluding hydrogens is 310 g/mol. The fraction of sp³-hybridized carbons (Fsp3) is 0.222. The lowest BCUT2D eigenvalue weighted by molar-refractivity contribution is -0.165. The van der Waals surface area contributed by atoms with Gasteiger partial charge in [0.05, 0.1) is 0 Å². The van der Waals surface area contributed by atoms with Crippen molar-refractivity contribution in [1.29, 1.82) is 0 Å². The number of hydrogen-bond donors (Lipinski definition) is 3. The molecule has 1 amide bonds. The Morgan fingerprint density at radius 3 is 2.00 bits per heavy atom. The molecule has 2 unspecified atom stereocenters. The van der Waals surface area contributed by atoms with E-state index in [0.29, 0.717) is 0 Å². The molecule has 2 rings (SSSR count). The van der Waals surface area contributed by atoms with Gasteiger partial charge in [0.1, 0.15) is 6.61 Å². The van der Waals surface area contributed by atoms with E-state index in [0.717, 1.165) is 11.1 Å². The molecule has 24 heavy (non-hydrogen) atoms. The van der Waals surface area contributed by atoms with E-state index in [9.17, 15) is 19.8 Å². The van der Waals surface area contributed by atoms with Crippen LogP contribution in [0.1, 0.15) is 11.1 Å². The highest BCUT2D eigenvalue weighted by Crippen LogP contribution is 2.05. The van der Waals surface area contributed by atoms with Crippen LogP contribution in [-0.4, -0.2) is 34.3 Å². The van der Waals surface area contributed by atoms with Crippen molar-refractivity contribution in [2.75, 3.05) is 0 Å². The minimum absolute atomic E-state index is 0.0465. The number of ether oxygens (including phenoxy) is 1. The van der Waals surface area contributed by atoms with Crippen LogP contribution in [0.15, 0.2) is 60.7 Å². The Balaban J connectivity index is 1.80. The Morgan fingerprint density at radius 2 is 1.42 bits per heavy atom. The first-order chi connectivity index (χ1) is 11.6. The average Bonchev–Trinajstić information content (AvgIpc) is 2.64. The highest BCUT2D eigenvalue weighted by atomic mass is 16.5. The normalized spacial score (nSPS) is 12.9. The van der Waals surface area contributed by atoms with Gasteiger partial charge in [-0.15, -0.1) is 0 Å². The van der Waals surface area contributed by atoms with Gasteiger partial charge in [0, 0.05) is 6.54 Å². The molecule has 3 N–H and O–H groups in total. The topological polar surface area (TPSA) is 95.9 Å². The molecule has 0 bridgehead atoms. The fourth-order valence-corrected chi connectivity index (χ4v) is 1.98. The van der Waals surface area contributed by atoms with Crippen molar-refractivity contribution in [3.63, 3.8) is 0 Å². The largest absolute Gasteiger partial charge is 0.459 e. The predicted octanol–water partition coefficient (Wildman–Crippen LogP) is 0.768. The molecule has 0 spiro atoms. The van der Waals surface area contributed by atoms with Gasteiger partial charge in [-0.3, -0.25) is 4.79 Å². The molecule has 0 saturated heterocycles. The average molecular weight is 329 g/mol. The molecule has 0 aromatic heterocycles. The van der Waals surface area contributed by atoms with Gasteiger partial charge in [-0.05, 0) is 11.1 Å². The van der Waals surface area contributed by atoms with Crippen molar-refractivity contribution in [2.45, 2.75) is 25.4 Å². The number of esters is 1. The number of carbonyl (C=O) groups excluding carboxylic acids is 2. The van der Waals surface area contributed by atoms with Crippen molar-refractivity contribution in [3.8, 4) is 0 Å². The second kappa shape index (κ2) is 8.81. The van der Waals surface area contributed by atoms with Crippen molar-refractivity contribution in [3.05, 3.63) is 71.8 Å². The second-order valence-corrected chi connectivity index (χ2v) is 5.19. The van der Waals surface area contributed by atoms with E-state index < -0.39 is 24.1 Å². The summed E-state index contributed by atoms with van der Waals surface area (Å²) in [7, 11) is 0. The number of carbonyl (C=O) groups is 2. The monoisotopic (exact) mass is 329 g/mol. The van der Waals surface area contributed by atoms with Crippen LogP contribution in [0, 0.1) is 0 Å². The summed E-state index contributed by atoms with van der Waals surface area (Å²) in [6.45, 7) is 0.137. The lowest BCUT2D eigenvalue weighted by Gasteiger charge is -2.16. The molecule has 6 nitrogen and oxygen atoms in total. The number of aliphatic hydroxyl groups is 2. The van der Waals surface area contributed by atoms with E-state index in [-0.39, 0.29) is 13.2 Å². The van der Waals surface area contributed by atoms with E-state index in [1.807, 2.05) is 24.3 Å². The van der Waals surface area contributed by atoms with E-state index in [2.05, 4.69) is 5.32 Å². The quantitative estimate of drug-likeness (QED) is 0.652. The molecule has 0 aliphatic rings. The number of hydrogen-bond acceptors (Lipinski definition) is 5. The summed E-state index contributed by atoms with van der Waals surface area (Å²) >= 11 is 0. The lowest BCUT2D eigenvalue weighted by Crippen LogP contribution is -2.46. The summed E-state index contributed by atoms with van der Waals surface area (Å²) in [5.41, 5.74) is 1.57. The van der Waals surface area contributed by atoms with Crippen LogP contribution in [0.25, 0.3) is 0 Å². The first kappa shape index (κ1) is 17.7. The molecule has 0 aliphatic heterocycles. The molecule has 0 aliphatic carbocycles. The van der Waals surface area contributed by atoms with E-state index in [1.54, 1.807) is 36.4 Å². The SMILES string of the molecule is O=C(NCc1ccccc1)C(O)C(O)C(=O)OCc1ccccc1. The minimum atomic E-state index is -1.94. The van der Waals surface area contributed by atoms with Crippen LogP contribution in [-0.2, 0) is 27.5 Å². The third-order valence-corrected chi connectivity index (χ3v) is 3.34. The zero-order chi connectivity index (χ0) is 17.4. The minimum Gasteiger partial charge on any atom is -0.459 e. The summed E-state index contributed by atoms with van der Waals surface area (Å²) in [5.74, 6) is -1.90. The zero-order valence-corrected chi connectivity index (χ0v) is 13.0. The Morgan fingerprint density at radius 1 is 0.875 bits per heavy atom. The number of rotatable bonds is 7. The highest BCUT2D eigenvalue weighted by Gasteiger charge is 2.31. The van der Waals surface area contributed by atoms with Gasteiger partial charge in [-0.25, -0.2) is 4.79 Å². The molecule has 0 radical (unpaired) electrons. The maximum atomic E-state index is 11.8. The van der Waals surface area contributed by atoms with Crippen LogP contribution < -0.4 is 5.32 Å². The molecule has 0 fully saturated rings. The first-order valence-electron chi connectivity index (χ1n) is 7.46. The Hall–Kier alpha value is -2.70. The van der Waals surface area contributed by atoms with Crippen LogP contribution in [0.3, 0.4) is 0 Å². The Kier molecular flexibility index (Phi) is 6.48. The Labute approximate surface area is 139 Å². The first-order valence-corrected chi connectivity index (χ1v) is 7.46. The van der Waals surface area contributed by atoms with Crippen LogP contribution in [0.2, 0.25) is 0 Å². The van der Waals surface area contributed by atoms with Crippen LogP contribution in [0.5, 0.6) is 0 Å². The lowest BCUT2D eigenvalue weighted by atomic mass is 10.1. The summed E-state index contributed by atoms with van der Waals surface area (Å²) < 4.78 is 4.90. The van der Waals surface area contributed by atoms with Crippen molar-refractivity contribution in [2.24, 2.45) is 0 Å².